The number of rotatable bonds is 6. The first-order chi connectivity index (χ1) is 11.9. The molecule has 1 aromatic carbocycles. The molecule has 26 heavy (non-hydrogen) atoms. The van der Waals surface area contributed by atoms with Crippen LogP contribution in [0, 0.1) is 24.0 Å². The minimum Gasteiger partial charge on any atom is -0.444 e. The third kappa shape index (κ3) is 3.69. The van der Waals surface area contributed by atoms with Crippen molar-refractivity contribution in [2.45, 2.75) is 31.6 Å². The number of carbonyl (C=O) groups is 2. The van der Waals surface area contributed by atoms with E-state index in [1.54, 1.807) is 13.8 Å². The lowest BCUT2D eigenvalue weighted by Gasteiger charge is -2.10. The number of hydrogen-bond acceptors (Lipinski definition) is 8. The fourth-order valence-corrected chi connectivity index (χ4v) is 2.99. The molecule has 1 aromatic heterocycles. The summed E-state index contributed by atoms with van der Waals surface area (Å²) in [6.45, 7) is 4.39. The summed E-state index contributed by atoms with van der Waals surface area (Å²) in [4.78, 5) is 39.0. The second-order valence-electron chi connectivity index (χ2n) is 5.81. The average molecular weight is 380 g/mol. The van der Waals surface area contributed by atoms with Crippen LogP contribution in [0.1, 0.15) is 40.5 Å². The van der Waals surface area contributed by atoms with Gasteiger partial charge >= 0.3 is 0 Å². The summed E-state index contributed by atoms with van der Waals surface area (Å²) in [5.74, 6) is -2.67. The van der Waals surface area contributed by atoms with E-state index >= 15 is 0 Å². The van der Waals surface area contributed by atoms with Gasteiger partial charge in [-0.3, -0.25) is 19.7 Å². The van der Waals surface area contributed by atoms with Crippen LogP contribution in [0.3, 0.4) is 0 Å². The Morgan fingerprint density at radius 1 is 1.27 bits per heavy atom. The van der Waals surface area contributed by atoms with Crippen molar-refractivity contribution in [3.8, 4) is 0 Å². The van der Waals surface area contributed by atoms with E-state index in [0.29, 0.717) is 11.5 Å². The zero-order valence-electron chi connectivity index (χ0n) is 14.5. The molecule has 0 radical (unpaired) electrons. The van der Waals surface area contributed by atoms with Crippen molar-refractivity contribution in [2.75, 3.05) is 6.26 Å². The van der Waals surface area contributed by atoms with E-state index in [1.807, 2.05) is 0 Å². The summed E-state index contributed by atoms with van der Waals surface area (Å²) in [5, 5.41) is 11.3. The summed E-state index contributed by atoms with van der Waals surface area (Å²) >= 11 is 0. The van der Waals surface area contributed by atoms with Crippen LogP contribution < -0.4 is 0 Å². The van der Waals surface area contributed by atoms with E-state index in [0.717, 1.165) is 31.4 Å². The first-order valence-electron chi connectivity index (χ1n) is 7.40. The van der Waals surface area contributed by atoms with Crippen molar-refractivity contribution in [3.05, 3.63) is 51.2 Å². The molecule has 0 N–H and O–H groups in total. The van der Waals surface area contributed by atoms with Gasteiger partial charge in [0, 0.05) is 12.3 Å². The molecule has 1 unspecified atom stereocenters. The lowest BCUT2D eigenvalue weighted by atomic mass is 9.93. The Morgan fingerprint density at radius 3 is 2.31 bits per heavy atom. The van der Waals surface area contributed by atoms with Crippen molar-refractivity contribution < 1.29 is 27.3 Å². The number of carbonyl (C=O) groups excluding carboxylic acids is 2. The third-order valence-corrected chi connectivity index (χ3v) is 4.93. The quantitative estimate of drug-likeness (QED) is 0.322. The van der Waals surface area contributed by atoms with E-state index in [-0.39, 0.29) is 10.8 Å². The second-order valence-corrected chi connectivity index (χ2v) is 7.83. The number of aryl methyl sites for hydroxylation is 2. The molecule has 0 aliphatic carbocycles. The smallest absolute Gasteiger partial charge is 0.281 e. The summed E-state index contributed by atoms with van der Waals surface area (Å²) in [6.07, 6.45) is 0.893. The molecular formula is C16H16N2O7S. The lowest BCUT2D eigenvalue weighted by molar-refractivity contribution is -0.385. The number of benzene rings is 1. The number of nitrogens with zero attached hydrogens (tertiary/aromatic N) is 2. The molecule has 9 nitrogen and oxygen atoms in total. The number of nitro benzene ring substituents is 1. The Labute approximate surface area is 149 Å². The highest BCUT2D eigenvalue weighted by Crippen LogP contribution is 2.30. The summed E-state index contributed by atoms with van der Waals surface area (Å²) in [7, 11) is -3.71. The van der Waals surface area contributed by atoms with Gasteiger partial charge in [-0.1, -0.05) is 0 Å². The summed E-state index contributed by atoms with van der Waals surface area (Å²) in [5.41, 5.74) is -0.610. The number of hydrogen-bond donors (Lipinski definition) is 0. The van der Waals surface area contributed by atoms with Crippen LogP contribution in [0.5, 0.6) is 0 Å². The van der Waals surface area contributed by atoms with Gasteiger partial charge < -0.3 is 4.42 Å². The Balaban J connectivity index is 2.62. The topological polar surface area (TPSA) is 137 Å². The molecule has 10 heteroatoms. The third-order valence-electron chi connectivity index (χ3n) is 3.82. The van der Waals surface area contributed by atoms with Crippen LogP contribution in [0.25, 0.3) is 0 Å². The van der Waals surface area contributed by atoms with Crippen LogP contribution in [-0.4, -0.2) is 36.1 Å². The summed E-state index contributed by atoms with van der Waals surface area (Å²) in [6, 6.07) is 2.90. The van der Waals surface area contributed by atoms with Crippen LogP contribution in [0.15, 0.2) is 27.5 Å². The molecule has 2 rings (SSSR count). The fourth-order valence-electron chi connectivity index (χ4n) is 2.35. The monoisotopic (exact) mass is 380 g/mol. The van der Waals surface area contributed by atoms with Gasteiger partial charge in [0.25, 0.3) is 5.69 Å². The molecule has 1 atom stereocenters. The van der Waals surface area contributed by atoms with E-state index in [1.165, 1.54) is 0 Å². The molecular weight excluding hydrogens is 364 g/mol. The van der Waals surface area contributed by atoms with E-state index in [9.17, 15) is 28.1 Å². The number of Topliss-reactive ketones (excluding diaryl/α,β-unsaturated/α-hetero) is 2. The molecule has 0 aliphatic rings. The van der Waals surface area contributed by atoms with Crippen molar-refractivity contribution >= 4 is 27.1 Å². The number of ketones is 2. The first kappa shape index (κ1) is 19.4. The van der Waals surface area contributed by atoms with Gasteiger partial charge in [-0.15, -0.1) is 0 Å². The number of nitro groups is 1. The van der Waals surface area contributed by atoms with Gasteiger partial charge in [0.1, 0.15) is 11.5 Å². The standard InChI is InChI=1S/C16H16N2O7S/c1-8-10(3)25-16(17-8)14(9(2)19)15(20)12-6-5-11(26(4,23)24)7-13(12)18(21)22/h5-7,14H,1-4H3. The minimum absolute atomic E-state index is 0.154. The van der Waals surface area contributed by atoms with Gasteiger partial charge in [-0.05, 0) is 32.9 Å². The van der Waals surface area contributed by atoms with E-state index in [4.69, 9.17) is 4.42 Å². The van der Waals surface area contributed by atoms with Crippen LogP contribution in [-0.2, 0) is 14.6 Å². The van der Waals surface area contributed by atoms with Crippen LogP contribution in [0.4, 0.5) is 5.69 Å². The van der Waals surface area contributed by atoms with Crippen LogP contribution in [0.2, 0.25) is 0 Å². The second kappa shape index (κ2) is 6.79. The number of oxazole rings is 1. The highest BCUT2D eigenvalue weighted by atomic mass is 32.2. The van der Waals surface area contributed by atoms with E-state index < -0.39 is 43.5 Å². The van der Waals surface area contributed by atoms with Crippen molar-refractivity contribution in [1.82, 2.24) is 4.98 Å². The Hall–Kier alpha value is -2.88. The Kier molecular flexibility index (Phi) is 5.08. The maximum absolute atomic E-state index is 12.8. The van der Waals surface area contributed by atoms with Crippen molar-refractivity contribution in [1.29, 1.82) is 0 Å². The molecule has 0 spiro atoms. The highest BCUT2D eigenvalue weighted by molar-refractivity contribution is 7.90. The van der Waals surface area contributed by atoms with Gasteiger partial charge in [0.05, 0.1) is 21.1 Å². The lowest BCUT2D eigenvalue weighted by Crippen LogP contribution is -2.21. The average Bonchev–Trinajstić information content (AvgIpc) is 2.84. The largest absolute Gasteiger partial charge is 0.444 e. The fraction of sp³-hybridized carbons (Fsp3) is 0.312. The highest BCUT2D eigenvalue weighted by Gasteiger charge is 2.35. The molecule has 0 saturated carbocycles. The van der Waals surface area contributed by atoms with E-state index in [2.05, 4.69) is 4.98 Å². The number of aromatic nitrogens is 1. The molecule has 1 heterocycles. The minimum atomic E-state index is -3.71. The van der Waals surface area contributed by atoms with Gasteiger partial charge in [-0.25, -0.2) is 13.4 Å². The molecule has 0 fully saturated rings. The van der Waals surface area contributed by atoms with Crippen molar-refractivity contribution in [3.63, 3.8) is 0 Å². The molecule has 0 aliphatic heterocycles. The maximum atomic E-state index is 12.8. The molecule has 0 bridgehead atoms. The van der Waals surface area contributed by atoms with Gasteiger partial charge in [0.2, 0.25) is 5.89 Å². The maximum Gasteiger partial charge on any atom is 0.281 e. The predicted octanol–water partition coefficient (Wildman–Crippen LogP) is 2.16. The Bertz CT molecular complexity index is 1000. The molecule has 0 saturated heterocycles. The molecule has 0 amide bonds. The first-order valence-corrected chi connectivity index (χ1v) is 9.29. The SMILES string of the molecule is CC(=O)C(C(=O)c1ccc(S(C)(=O)=O)cc1[N+](=O)[O-])c1nc(C)c(C)o1. The van der Waals surface area contributed by atoms with Gasteiger partial charge in [0.15, 0.2) is 21.5 Å². The zero-order chi connectivity index (χ0) is 19.8. The zero-order valence-corrected chi connectivity index (χ0v) is 15.3. The number of sulfone groups is 1. The predicted molar refractivity (Wildman–Crippen MR) is 89.9 cm³/mol. The molecule has 2 aromatic rings. The Morgan fingerprint density at radius 2 is 1.88 bits per heavy atom. The molecule has 138 valence electrons. The van der Waals surface area contributed by atoms with Crippen molar-refractivity contribution in [2.24, 2.45) is 0 Å². The van der Waals surface area contributed by atoms with Gasteiger partial charge in [-0.2, -0.15) is 0 Å². The normalized spacial score (nSPS) is 12.6. The van der Waals surface area contributed by atoms with Crippen LogP contribution >= 0.6 is 0 Å². The summed E-state index contributed by atoms with van der Waals surface area (Å²) < 4.78 is 28.6.